The van der Waals surface area contributed by atoms with Crippen LogP contribution in [0.3, 0.4) is 0 Å². The van der Waals surface area contributed by atoms with E-state index in [9.17, 15) is 0 Å². The number of fused-ring (bicyclic) bond motifs is 1. The SMILES string of the molecule is CCC(Nc1nc2ccccn2n1)c1cccs1. The zero-order valence-corrected chi connectivity index (χ0v) is 10.9. The molecule has 3 heterocycles. The van der Waals surface area contributed by atoms with Gasteiger partial charge in [0, 0.05) is 11.1 Å². The second-order valence-corrected chi connectivity index (χ2v) is 5.04. The fraction of sp³-hybridized carbons (Fsp3) is 0.231. The van der Waals surface area contributed by atoms with E-state index in [2.05, 4.69) is 39.8 Å². The van der Waals surface area contributed by atoms with Crippen LogP contribution in [0.4, 0.5) is 5.95 Å². The second kappa shape index (κ2) is 4.78. The van der Waals surface area contributed by atoms with Crippen LogP contribution in [0, 0.1) is 0 Å². The fourth-order valence-corrected chi connectivity index (χ4v) is 2.77. The molecule has 3 aromatic rings. The second-order valence-electron chi connectivity index (χ2n) is 4.06. The number of hydrogen-bond acceptors (Lipinski definition) is 4. The number of aromatic nitrogens is 3. The largest absolute Gasteiger partial charge is 0.345 e. The fourth-order valence-electron chi connectivity index (χ4n) is 1.91. The molecule has 0 spiro atoms. The van der Waals surface area contributed by atoms with Crippen LogP contribution < -0.4 is 5.32 Å². The summed E-state index contributed by atoms with van der Waals surface area (Å²) in [4.78, 5) is 5.77. The van der Waals surface area contributed by atoms with Crippen molar-refractivity contribution in [2.75, 3.05) is 5.32 Å². The quantitative estimate of drug-likeness (QED) is 0.780. The van der Waals surface area contributed by atoms with Crippen LogP contribution in [0.5, 0.6) is 0 Å². The average molecular weight is 258 g/mol. The molecule has 5 heteroatoms. The summed E-state index contributed by atoms with van der Waals surface area (Å²) in [5.74, 6) is 0.682. The molecule has 1 atom stereocenters. The minimum absolute atomic E-state index is 0.280. The van der Waals surface area contributed by atoms with E-state index < -0.39 is 0 Å². The van der Waals surface area contributed by atoms with Crippen molar-refractivity contribution in [1.29, 1.82) is 0 Å². The lowest BCUT2D eigenvalue weighted by molar-refractivity contribution is 0.751. The molecule has 4 nitrogen and oxygen atoms in total. The van der Waals surface area contributed by atoms with Gasteiger partial charge in [0.1, 0.15) is 0 Å². The van der Waals surface area contributed by atoms with Crippen molar-refractivity contribution in [3.63, 3.8) is 0 Å². The summed E-state index contributed by atoms with van der Waals surface area (Å²) in [6, 6.07) is 10.3. The zero-order chi connectivity index (χ0) is 12.4. The minimum atomic E-state index is 0.280. The van der Waals surface area contributed by atoms with Crippen molar-refractivity contribution in [3.8, 4) is 0 Å². The summed E-state index contributed by atoms with van der Waals surface area (Å²) in [6.45, 7) is 2.16. The standard InChI is InChI=1S/C13H14N4S/c1-2-10(11-6-5-9-18-11)14-13-15-12-7-3-4-8-17(12)16-13/h3-10H,2H2,1H3,(H,14,16). The lowest BCUT2D eigenvalue weighted by Gasteiger charge is -2.13. The summed E-state index contributed by atoms with van der Waals surface area (Å²) in [5.41, 5.74) is 0.862. The van der Waals surface area contributed by atoms with Crippen LogP contribution in [-0.2, 0) is 0 Å². The number of pyridine rings is 1. The Morgan fingerprint density at radius 2 is 2.28 bits per heavy atom. The number of thiophene rings is 1. The topological polar surface area (TPSA) is 42.2 Å². The number of rotatable bonds is 4. The van der Waals surface area contributed by atoms with Gasteiger partial charge in [0.2, 0.25) is 5.95 Å². The maximum atomic E-state index is 4.46. The van der Waals surface area contributed by atoms with E-state index in [4.69, 9.17) is 0 Å². The van der Waals surface area contributed by atoms with Gasteiger partial charge in [0.05, 0.1) is 6.04 Å². The molecule has 0 saturated heterocycles. The normalized spacial score (nSPS) is 12.7. The van der Waals surface area contributed by atoms with Crippen LogP contribution in [-0.4, -0.2) is 14.6 Å². The first-order valence-corrected chi connectivity index (χ1v) is 6.86. The van der Waals surface area contributed by atoms with Gasteiger partial charge >= 0.3 is 0 Å². The molecule has 1 N–H and O–H groups in total. The highest BCUT2D eigenvalue weighted by Crippen LogP contribution is 2.24. The summed E-state index contributed by atoms with van der Waals surface area (Å²) in [7, 11) is 0. The van der Waals surface area contributed by atoms with E-state index in [1.807, 2.05) is 24.4 Å². The maximum absolute atomic E-state index is 4.46. The lowest BCUT2D eigenvalue weighted by Crippen LogP contribution is -2.09. The van der Waals surface area contributed by atoms with Gasteiger partial charge in [-0.2, -0.15) is 4.98 Å². The number of nitrogens with one attached hydrogen (secondary N) is 1. The van der Waals surface area contributed by atoms with Crippen LogP contribution in [0.1, 0.15) is 24.3 Å². The average Bonchev–Trinajstić information content (AvgIpc) is 3.04. The van der Waals surface area contributed by atoms with E-state index >= 15 is 0 Å². The Morgan fingerprint density at radius 1 is 1.33 bits per heavy atom. The third-order valence-corrected chi connectivity index (χ3v) is 3.83. The van der Waals surface area contributed by atoms with Gasteiger partial charge in [-0.25, -0.2) is 4.52 Å². The summed E-state index contributed by atoms with van der Waals surface area (Å²) in [6.07, 6.45) is 2.91. The molecular weight excluding hydrogens is 244 g/mol. The molecule has 92 valence electrons. The van der Waals surface area contributed by atoms with Crippen molar-refractivity contribution in [2.45, 2.75) is 19.4 Å². The number of anilines is 1. The monoisotopic (exact) mass is 258 g/mol. The molecule has 0 radical (unpaired) electrons. The molecule has 0 amide bonds. The lowest BCUT2D eigenvalue weighted by atomic mass is 10.2. The Hall–Kier alpha value is -1.88. The molecular formula is C13H14N4S. The first-order chi connectivity index (χ1) is 8.86. The molecule has 0 fully saturated rings. The molecule has 3 rings (SSSR count). The summed E-state index contributed by atoms with van der Waals surface area (Å²) >= 11 is 1.76. The van der Waals surface area contributed by atoms with Gasteiger partial charge in [-0.3, -0.25) is 0 Å². The highest BCUT2D eigenvalue weighted by molar-refractivity contribution is 7.10. The molecule has 0 aliphatic rings. The van der Waals surface area contributed by atoms with Gasteiger partial charge in [-0.1, -0.05) is 19.1 Å². The van der Waals surface area contributed by atoms with E-state index in [-0.39, 0.29) is 6.04 Å². The van der Waals surface area contributed by atoms with Crippen LogP contribution in [0.25, 0.3) is 5.65 Å². The molecule has 3 aromatic heterocycles. The van der Waals surface area contributed by atoms with Gasteiger partial charge in [0.15, 0.2) is 5.65 Å². The van der Waals surface area contributed by atoms with Crippen molar-refractivity contribution in [3.05, 3.63) is 46.8 Å². The smallest absolute Gasteiger partial charge is 0.243 e. The molecule has 0 aliphatic carbocycles. The van der Waals surface area contributed by atoms with E-state index in [1.54, 1.807) is 15.9 Å². The van der Waals surface area contributed by atoms with Crippen LogP contribution in [0.2, 0.25) is 0 Å². The molecule has 18 heavy (non-hydrogen) atoms. The van der Waals surface area contributed by atoms with Crippen molar-refractivity contribution >= 4 is 22.9 Å². The zero-order valence-electron chi connectivity index (χ0n) is 10.1. The summed E-state index contributed by atoms with van der Waals surface area (Å²) < 4.78 is 1.78. The Bertz CT molecular complexity index is 596. The first-order valence-electron chi connectivity index (χ1n) is 5.98. The first kappa shape index (κ1) is 11.2. The number of nitrogens with zero attached hydrogens (tertiary/aromatic N) is 3. The molecule has 0 saturated carbocycles. The van der Waals surface area contributed by atoms with E-state index in [0.717, 1.165) is 12.1 Å². The summed E-state index contributed by atoms with van der Waals surface area (Å²) in [5, 5.41) is 9.89. The predicted molar refractivity (Wildman–Crippen MR) is 74.0 cm³/mol. The van der Waals surface area contributed by atoms with Gasteiger partial charge < -0.3 is 5.32 Å². The predicted octanol–water partition coefficient (Wildman–Crippen LogP) is 3.35. The molecule has 0 aliphatic heterocycles. The van der Waals surface area contributed by atoms with Gasteiger partial charge in [-0.05, 0) is 30.0 Å². The highest BCUT2D eigenvalue weighted by Gasteiger charge is 2.12. The Kier molecular flexibility index (Phi) is 2.98. The van der Waals surface area contributed by atoms with Crippen LogP contribution >= 0.6 is 11.3 Å². The Labute approximate surface area is 109 Å². The van der Waals surface area contributed by atoms with Crippen molar-refractivity contribution < 1.29 is 0 Å². The highest BCUT2D eigenvalue weighted by atomic mass is 32.1. The third-order valence-electron chi connectivity index (χ3n) is 2.84. The Balaban J connectivity index is 1.86. The van der Waals surface area contributed by atoms with E-state index in [1.165, 1.54) is 4.88 Å². The molecule has 1 unspecified atom stereocenters. The van der Waals surface area contributed by atoms with Gasteiger partial charge in [0.25, 0.3) is 0 Å². The van der Waals surface area contributed by atoms with Crippen molar-refractivity contribution in [2.24, 2.45) is 0 Å². The van der Waals surface area contributed by atoms with Crippen molar-refractivity contribution in [1.82, 2.24) is 14.6 Å². The molecule has 0 aromatic carbocycles. The van der Waals surface area contributed by atoms with E-state index in [0.29, 0.717) is 5.95 Å². The van der Waals surface area contributed by atoms with Gasteiger partial charge in [-0.15, -0.1) is 16.4 Å². The van der Waals surface area contributed by atoms with Crippen LogP contribution in [0.15, 0.2) is 41.9 Å². The maximum Gasteiger partial charge on any atom is 0.243 e. The minimum Gasteiger partial charge on any atom is -0.345 e. The third kappa shape index (κ3) is 2.09. The number of hydrogen-bond donors (Lipinski definition) is 1. The Morgan fingerprint density at radius 3 is 3.00 bits per heavy atom. The molecule has 0 bridgehead atoms.